The first-order chi connectivity index (χ1) is 15.7. The number of carbonyl (C=O) groups is 3. The highest BCUT2D eigenvalue weighted by atomic mass is 19.4. The van der Waals surface area contributed by atoms with Gasteiger partial charge in [0.15, 0.2) is 5.78 Å². The minimum absolute atomic E-state index is 0.0494. The van der Waals surface area contributed by atoms with Crippen LogP contribution in [0.1, 0.15) is 34.3 Å². The number of nitrogens with one attached hydrogen (secondary N) is 2. The third kappa shape index (κ3) is 9.89. The van der Waals surface area contributed by atoms with Crippen LogP contribution in [-0.2, 0) is 27.2 Å². The van der Waals surface area contributed by atoms with Crippen LogP contribution >= 0.6 is 0 Å². The van der Waals surface area contributed by atoms with Crippen LogP contribution in [0.5, 0.6) is 0 Å². The van der Waals surface area contributed by atoms with Crippen LogP contribution in [-0.4, -0.2) is 86.3 Å². The Bertz CT molecular complexity index is 811. The summed E-state index contributed by atoms with van der Waals surface area (Å²) in [5, 5.41) is 13.4. The lowest BCUT2D eigenvalue weighted by molar-refractivity contribution is -0.192. The van der Waals surface area contributed by atoms with E-state index in [-0.39, 0.29) is 24.5 Å². The van der Waals surface area contributed by atoms with E-state index in [1.807, 2.05) is 12.1 Å². The highest BCUT2D eigenvalue weighted by Gasteiger charge is 2.38. The van der Waals surface area contributed by atoms with Crippen molar-refractivity contribution in [3.05, 3.63) is 34.9 Å². The number of halogens is 3. The third-order valence-corrected chi connectivity index (χ3v) is 5.35. The number of amides is 1. The summed E-state index contributed by atoms with van der Waals surface area (Å²) < 4.78 is 37.0. The number of aliphatic carboxylic acids is 1. The average Bonchev–Trinajstić information content (AvgIpc) is 3.03. The van der Waals surface area contributed by atoms with Crippen molar-refractivity contribution in [1.29, 1.82) is 0 Å². The summed E-state index contributed by atoms with van der Waals surface area (Å²) in [4.78, 5) is 35.6. The lowest BCUT2D eigenvalue weighted by Crippen LogP contribution is -2.41. The van der Waals surface area contributed by atoms with Crippen LogP contribution in [0.2, 0.25) is 0 Å². The average molecular weight is 473 g/mol. The summed E-state index contributed by atoms with van der Waals surface area (Å²) in [7, 11) is 0. The molecular weight excluding hydrogens is 443 g/mol. The number of nitrogens with zero attached hydrogens (tertiary/aromatic N) is 1. The number of morpholine rings is 1. The fourth-order valence-corrected chi connectivity index (χ4v) is 3.49. The molecule has 0 spiro atoms. The molecule has 0 bridgehead atoms. The molecule has 1 aromatic carbocycles. The second-order valence-corrected chi connectivity index (χ2v) is 7.76. The van der Waals surface area contributed by atoms with Crippen LogP contribution in [0, 0.1) is 0 Å². The predicted molar refractivity (Wildman–Crippen MR) is 114 cm³/mol. The predicted octanol–water partition coefficient (Wildman–Crippen LogP) is 1.42. The zero-order valence-corrected chi connectivity index (χ0v) is 18.4. The topological polar surface area (TPSA) is 108 Å². The highest BCUT2D eigenvalue weighted by Crippen LogP contribution is 2.17. The van der Waals surface area contributed by atoms with Gasteiger partial charge in [0.2, 0.25) is 5.91 Å². The molecule has 0 aliphatic carbocycles. The molecule has 0 saturated carbocycles. The Labute approximate surface area is 190 Å². The van der Waals surface area contributed by atoms with Gasteiger partial charge in [-0.2, -0.15) is 13.2 Å². The molecule has 8 nitrogen and oxygen atoms in total. The van der Waals surface area contributed by atoms with E-state index in [1.165, 1.54) is 11.1 Å². The fourth-order valence-electron chi connectivity index (χ4n) is 3.49. The normalized spacial score (nSPS) is 16.6. The summed E-state index contributed by atoms with van der Waals surface area (Å²) in [6.45, 7) is 6.77. The molecule has 0 atom stereocenters. The molecule has 2 aliphatic heterocycles. The van der Waals surface area contributed by atoms with Gasteiger partial charge in [-0.25, -0.2) is 4.79 Å². The lowest BCUT2D eigenvalue weighted by atomic mass is 9.97. The number of ether oxygens (including phenoxy) is 1. The minimum Gasteiger partial charge on any atom is -0.475 e. The van der Waals surface area contributed by atoms with Crippen molar-refractivity contribution in [1.82, 2.24) is 15.5 Å². The van der Waals surface area contributed by atoms with Crippen molar-refractivity contribution in [2.75, 3.05) is 52.5 Å². The van der Waals surface area contributed by atoms with Crippen molar-refractivity contribution in [3.8, 4) is 0 Å². The Hall–Kier alpha value is -2.50. The first-order valence-corrected chi connectivity index (χ1v) is 10.9. The molecule has 1 fully saturated rings. The van der Waals surface area contributed by atoms with Gasteiger partial charge in [-0.05, 0) is 43.1 Å². The van der Waals surface area contributed by atoms with Crippen molar-refractivity contribution in [2.24, 2.45) is 0 Å². The lowest BCUT2D eigenvalue weighted by Gasteiger charge is -2.26. The minimum atomic E-state index is -5.08. The Morgan fingerprint density at radius 3 is 2.33 bits per heavy atom. The molecule has 0 unspecified atom stereocenters. The number of benzene rings is 1. The van der Waals surface area contributed by atoms with Gasteiger partial charge in [-0.15, -0.1) is 0 Å². The number of ketones is 1. The van der Waals surface area contributed by atoms with E-state index < -0.39 is 12.1 Å². The van der Waals surface area contributed by atoms with Gasteiger partial charge in [-0.3, -0.25) is 14.5 Å². The number of hydrogen-bond acceptors (Lipinski definition) is 6. The molecular formula is C22H30F3N3O5. The van der Waals surface area contributed by atoms with Gasteiger partial charge < -0.3 is 20.5 Å². The summed E-state index contributed by atoms with van der Waals surface area (Å²) in [5.41, 5.74) is 3.31. The van der Waals surface area contributed by atoms with E-state index in [4.69, 9.17) is 14.6 Å². The Kier molecular flexibility index (Phi) is 10.8. The third-order valence-electron chi connectivity index (χ3n) is 5.35. The molecule has 2 heterocycles. The summed E-state index contributed by atoms with van der Waals surface area (Å²) in [5.74, 6) is -2.76. The van der Waals surface area contributed by atoms with Crippen LogP contribution in [0.3, 0.4) is 0 Å². The Balaban J connectivity index is 0.000000479. The maximum Gasteiger partial charge on any atom is 0.490 e. The monoisotopic (exact) mass is 473 g/mol. The van der Waals surface area contributed by atoms with E-state index in [2.05, 4.69) is 21.6 Å². The van der Waals surface area contributed by atoms with Gasteiger partial charge >= 0.3 is 12.1 Å². The number of Topliss-reactive ketones (excluding diaryl/α,β-unsaturated/α-hetero) is 1. The smallest absolute Gasteiger partial charge is 0.475 e. The first-order valence-electron chi connectivity index (χ1n) is 10.9. The molecule has 3 rings (SSSR count). The van der Waals surface area contributed by atoms with Crippen molar-refractivity contribution in [2.45, 2.75) is 31.9 Å². The van der Waals surface area contributed by atoms with E-state index in [0.29, 0.717) is 6.54 Å². The van der Waals surface area contributed by atoms with Crippen molar-refractivity contribution in [3.63, 3.8) is 0 Å². The van der Waals surface area contributed by atoms with Gasteiger partial charge in [0.25, 0.3) is 0 Å². The molecule has 3 N–H and O–H groups in total. The number of fused-ring (bicyclic) bond motifs is 1. The number of hydrogen-bond donors (Lipinski definition) is 3. The number of carbonyl (C=O) groups excluding carboxylic acids is 2. The fraction of sp³-hybridized carbons (Fsp3) is 0.591. The SMILES string of the molecule is O=C(CCC(=O)c1ccc2c(c1)CCNCC2)NCCN1CCOCC1.O=C(O)C(F)(F)F. The molecule has 1 aromatic rings. The largest absolute Gasteiger partial charge is 0.490 e. The quantitative estimate of drug-likeness (QED) is 0.514. The summed E-state index contributed by atoms with van der Waals surface area (Å²) >= 11 is 0. The molecule has 11 heteroatoms. The second-order valence-electron chi connectivity index (χ2n) is 7.76. The van der Waals surface area contributed by atoms with Gasteiger partial charge in [0.05, 0.1) is 13.2 Å². The molecule has 2 aliphatic rings. The summed E-state index contributed by atoms with van der Waals surface area (Å²) in [6, 6.07) is 5.99. The standard InChI is InChI=1S/C20H29N3O3.C2HF3O2/c24-19(18-2-1-16-5-7-21-8-6-17(16)15-18)3-4-20(25)22-9-10-23-11-13-26-14-12-23;3-2(4,5)1(6)7/h1-2,15,21H,3-14H2,(H,22,25);(H,6,7). The molecule has 0 aromatic heterocycles. The zero-order chi connectivity index (χ0) is 24.3. The molecule has 1 saturated heterocycles. The number of rotatable bonds is 7. The maximum absolute atomic E-state index is 12.4. The Morgan fingerprint density at radius 2 is 1.70 bits per heavy atom. The van der Waals surface area contributed by atoms with Crippen LogP contribution in [0.15, 0.2) is 18.2 Å². The molecule has 33 heavy (non-hydrogen) atoms. The van der Waals surface area contributed by atoms with Crippen molar-refractivity contribution < 1.29 is 37.4 Å². The Morgan fingerprint density at radius 1 is 1.06 bits per heavy atom. The van der Waals surface area contributed by atoms with Gasteiger partial charge in [-0.1, -0.05) is 12.1 Å². The van der Waals surface area contributed by atoms with Crippen LogP contribution < -0.4 is 10.6 Å². The number of alkyl halides is 3. The highest BCUT2D eigenvalue weighted by molar-refractivity contribution is 5.98. The number of carboxylic acids is 1. The van der Waals surface area contributed by atoms with Crippen LogP contribution in [0.4, 0.5) is 13.2 Å². The van der Waals surface area contributed by atoms with Crippen molar-refractivity contribution >= 4 is 17.7 Å². The molecule has 184 valence electrons. The van der Waals surface area contributed by atoms with E-state index in [9.17, 15) is 22.8 Å². The summed E-state index contributed by atoms with van der Waals surface area (Å²) in [6.07, 6.45) is -2.60. The van der Waals surface area contributed by atoms with Gasteiger partial charge in [0.1, 0.15) is 0 Å². The van der Waals surface area contributed by atoms with E-state index in [0.717, 1.165) is 64.3 Å². The second kappa shape index (κ2) is 13.3. The zero-order valence-electron chi connectivity index (χ0n) is 18.4. The van der Waals surface area contributed by atoms with Crippen LogP contribution in [0.25, 0.3) is 0 Å². The molecule has 0 radical (unpaired) electrons. The van der Waals surface area contributed by atoms with E-state index >= 15 is 0 Å². The number of carboxylic acid groups (broad SMARTS) is 1. The maximum atomic E-state index is 12.4. The van der Waals surface area contributed by atoms with E-state index in [1.54, 1.807) is 0 Å². The first kappa shape index (κ1) is 26.7. The van der Waals surface area contributed by atoms with Gasteiger partial charge in [0, 0.05) is 44.6 Å². The molecule has 1 amide bonds.